The molecule has 0 spiro atoms. The summed E-state index contributed by atoms with van der Waals surface area (Å²) >= 11 is 0. The van der Waals surface area contributed by atoms with Gasteiger partial charge in [-0.2, -0.15) is 4.98 Å². The minimum Gasteiger partial charge on any atom is -0.338 e. The Morgan fingerprint density at radius 1 is 1.88 bits per heavy atom. The van der Waals surface area contributed by atoms with E-state index in [0.717, 1.165) is 0 Å². The number of hydrogen-bond acceptors (Lipinski definition) is 4. The molecule has 44 valence electrons. The molecule has 0 saturated carbocycles. The van der Waals surface area contributed by atoms with Gasteiger partial charge in [-0.3, -0.25) is 0 Å². The molecule has 1 rings (SSSR count). The van der Waals surface area contributed by atoms with Gasteiger partial charge in [0.15, 0.2) is 6.33 Å². The molecule has 0 bridgehead atoms. The van der Waals surface area contributed by atoms with Crippen LogP contribution in [0, 0.1) is 0 Å². The van der Waals surface area contributed by atoms with Crippen molar-refractivity contribution in [2.75, 3.05) is 0 Å². The van der Waals surface area contributed by atoms with Gasteiger partial charge in [0.1, 0.15) is 0 Å². The Bertz CT molecular complexity index is 146. The van der Waals surface area contributed by atoms with E-state index in [1.165, 1.54) is 6.33 Å². The van der Waals surface area contributed by atoms with Crippen molar-refractivity contribution in [3.63, 3.8) is 0 Å². The van der Waals surface area contributed by atoms with E-state index in [-0.39, 0.29) is 6.04 Å². The third-order valence-electron chi connectivity index (χ3n) is 0.768. The Morgan fingerprint density at radius 2 is 2.62 bits per heavy atom. The minimum absolute atomic E-state index is 0.155. The van der Waals surface area contributed by atoms with Crippen molar-refractivity contribution >= 4 is 0 Å². The quantitative estimate of drug-likeness (QED) is 0.560. The Balaban J connectivity index is 2.77. The van der Waals surface area contributed by atoms with E-state index in [1.54, 1.807) is 6.92 Å². The molecule has 1 unspecified atom stereocenters. The van der Waals surface area contributed by atoms with E-state index < -0.39 is 0 Å². The summed E-state index contributed by atoms with van der Waals surface area (Å²) in [6.45, 7) is 1.79. The topological polar surface area (TPSA) is 64.9 Å². The number of rotatable bonds is 1. The first-order chi connectivity index (χ1) is 3.80. The van der Waals surface area contributed by atoms with Crippen molar-refractivity contribution < 1.29 is 4.52 Å². The maximum absolute atomic E-state index is 5.36. The first-order valence-corrected chi connectivity index (χ1v) is 2.33. The zero-order chi connectivity index (χ0) is 5.98. The number of nitrogens with two attached hydrogens (primary N) is 1. The Kier molecular flexibility index (Phi) is 1.26. The van der Waals surface area contributed by atoms with Crippen LogP contribution < -0.4 is 5.73 Å². The van der Waals surface area contributed by atoms with Gasteiger partial charge in [0.2, 0.25) is 5.89 Å². The lowest BCUT2D eigenvalue weighted by Crippen LogP contribution is -2.04. The molecule has 0 radical (unpaired) electrons. The van der Waals surface area contributed by atoms with Gasteiger partial charge in [-0.25, -0.2) is 0 Å². The predicted molar refractivity (Wildman–Crippen MR) is 26.9 cm³/mol. The first-order valence-electron chi connectivity index (χ1n) is 2.33. The van der Waals surface area contributed by atoms with Gasteiger partial charge >= 0.3 is 0 Å². The monoisotopic (exact) mass is 113 g/mol. The van der Waals surface area contributed by atoms with Crippen LogP contribution in [-0.4, -0.2) is 10.1 Å². The zero-order valence-corrected chi connectivity index (χ0v) is 4.53. The van der Waals surface area contributed by atoms with Gasteiger partial charge in [0.05, 0.1) is 6.04 Å². The molecular weight excluding hydrogens is 106 g/mol. The van der Waals surface area contributed by atoms with Crippen molar-refractivity contribution in [2.24, 2.45) is 5.73 Å². The highest BCUT2D eigenvalue weighted by molar-refractivity contribution is 4.80. The standard InChI is InChI=1S/C4H7N3O/c1-3(5)4-6-2-7-8-4/h2-3H,5H2,1H3. The molecule has 2 N–H and O–H groups in total. The molecule has 8 heavy (non-hydrogen) atoms. The smallest absolute Gasteiger partial charge is 0.242 e. The summed E-state index contributed by atoms with van der Waals surface area (Å²) in [5.74, 6) is 0.477. The SMILES string of the molecule is CC(N)c1ncno1. The van der Waals surface area contributed by atoms with Crippen LogP contribution in [0.1, 0.15) is 18.9 Å². The van der Waals surface area contributed by atoms with E-state index in [9.17, 15) is 0 Å². The molecule has 0 aliphatic carbocycles. The van der Waals surface area contributed by atoms with Gasteiger partial charge in [-0.05, 0) is 6.92 Å². The Labute approximate surface area is 46.7 Å². The normalized spacial score (nSPS) is 13.8. The van der Waals surface area contributed by atoms with Crippen molar-refractivity contribution in [3.8, 4) is 0 Å². The summed E-state index contributed by atoms with van der Waals surface area (Å²) in [6.07, 6.45) is 1.33. The highest BCUT2D eigenvalue weighted by Gasteiger charge is 2.02. The average Bonchev–Trinajstić information content (AvgIpc) is 2.12. The fourth-order valence-corrected chi connectivity index (χ4v) is 0.382. The predicted octanol–water partition coefficient (Wildman–Crippen LogP) is 0.0893. The van der Waals surface area contributed by atoms with Gasteiger partial charge in [-0.1, -0.05) is 5.16 Å². The molecule has 1 heterocycles. The maximum Gasteiger partial charge on any atom is 0.242 e. The summed E-state index contributed by atoms with van der Waals surface area (Å²) in [5.41, 5.74) is 5.36. The lowest BCUT2D eigenvalue weighted by Gasteiger charge is -1.91. The van der Waals surface area contributed by atoms with Crippen LogP contribution in [0.25, 0.3) is 0 Å². The largest absolute Gasteiger partial charge is 0.338 e. The molecule has 0 aromatic carbocycles. The number of hydrogen-bond donors (Lipinski definition) is 1. The molecule has 0 saturated heterocycles. The molecule has 0 aliphatic heterocycles. The van der Waals surface area contributed by atoms with Gasteiger partial charge < -0.3 is 10.3 Å². The van der Waals surface area contributed by atoms with Crippen LogP contribution in [-0.2, 0) is 0 Å². The molecule has 4 nitrogen and oxygen atoms in total. The second-order valence-corrected chi connectivity index (χ2v) is 1.57. The Hall–Kier alpha value is -0.900. The van der Waals surface area contributed by atoms with Gasteiger partial charge in [-0.15, -0.1) is 0 Å². The first kappa shape index (κ1) is 5.24. The van der Waals surface area contributed by atoms with Crippen LogP contribution in [0.2, 0.25) is 0 Å². The van der Waals surface area contributed by atoms with Gasteiger partial charge in [0.25, 0.3) is 0 Å². The van der Waals surface area contributed by atoms with Crippen LogP contribution in [0.4, 0.5) is 0 Å². The lowest BCUT2D eigenvalue weighted by molar-refractivity contribution is 0.361. The van der Waals surface area contributed by atoms with Crippen molar-refractivity contribution in [1.82, 2.24) is 10.1 Å². The average molecular weight is 113 g/mol. The molecular formula is C4H7N3O. The van der Waals surface area contributed by atoms with Crippen molar-refractivity contribution in [1.29, 1.82) is 0 Å². The molecule has 4 heteroatoms. The van der Waals surface area contributed by atoms with Crippen LogP contribution in [0.15, 0.2) is 10.9 Å². The second-order valence-electron chi connectivity index (χ2n) is 1.57. The molecule has 0 fully saturated rings. The van der Waals surface area contributed by atoms with E-state index in [4.69, 9.17) is 5.73 Å². The lowest BCUT2D eigenvalue weighted by atomic mass is 10.4. The highest BCUT2D eigenvalue weighted by Crippen LogP contribution is 2.00. The van der Waals surface area contributed by atoms with Crippen LogP contribution in [0.3, 0.4) is 0 Å². The summed E-state index contributed by atoms with van der Waals surface area (Å²) in [4.78, 5) is 3.71. The van der Waals surface area contributed by atoms with E-state index in [2.05, 4.69) is 14.7 Å². The van der Waals surface area contributed by atoms with E-state index >= 15 is 0 Å². The molecule has 1 atom stereocenters. The Morgan fingerprint density at radius 3 is 2.88 bits per heavy atom. The minimum atomic E-state index is -0.155. The highest BCUT2D eigenvalue weighted by atomic mass is 16.5. The van der Waals surface area contributed by atoms with Crippen molar-refractivity contribution in [3.05, 3.63) is 12.2 Å². The summed E-state index contributed by atoms with van der Waals surface area (Å²) in [6, 6.07) is -0.155. The third-order valence-corrected chi connectivity index (χ3v) is 0.768. The van der Waals surface area contributed by atoms with Crippen molar-refractivity contribution in [2.45, 2.75) is 13.0 Å². The summed E-state index contributed by atoms with van der Waals surface area (Å²) in [5, 5.41) is 3.38. The molecule has 0 aliphatic rings. The molecule has 1 aromatic heterocycles. The van der Waals surface area contributed by atoms with Gasteiger partial charge in [0, 0.05) is 0 Å². The summed E-state index contributed by atoms with van der Waals surface area (Å²) < 4.78 is 4.61. The summed E-state index contributed by atoms with van der Waals surface area (Å²) in [7, 11) is 0. The fourth-order valence-electron chi connectivity index (χ4n) is 0.382. The molecule has 1 aromatic rings. The number of nitrogens with zero attached hydrogens (tertiary/aromatic N) is 2. The third kappa shape index (κ3) is 0.840. The maximum atomic E-state index is 5.36. The van der Waals surface area contributed by atoms with Crippen LogP contribution in [0.5, 0.6) is 0 Å². The van der Waals surface area contributed by atoms with Crippen LogP contribution >= 0.6 is 0 Å². The second kappa shape index (κ2) is 1.92. The van der Waals surface area contributed by atoms with E-state index in [0.29, 0.717) is 5.89 Å². The zero-order valence-electron chi connectivity index (χ0n) is 4.53. The molecule has 0 amide bonds. The fraction of sp³-hybridized carbons (Fsp3) is 0.500. The number of aromatic nitrogens is 2. The van der Waals surface area contributed by atoms with E-state index in [1.807, 2.05) is 0 Å².